The lowest BCUT2D eigenvalue weighted by molar-refractivity contribution is -0.384. The third kappa shape index (κ3) is 4.25. The van der Waals surface area contributed by atoms with Gasteiger partial charge in [-0.2, -0.15) is 0 Å². The molecule has 0 radical (unpaired) electrons. The molecule has 0 spiro atoms. The second-order valence-electron chi connectivity index (χ2n) is 3.48. The molecule has 0 heterocycles. The molecule has 0 amide bonds. The number of methoxy groups -OCH3 is 1. The van der Waals surface area contributed by atoms with Crippen LogP contribution in [0.2, 0.25) is 0 Å². The molecule has 1 aromatic carbocycles. The SMILES string of the molecule is COC(=O)CCCS(=O)c1ccc([N+](=O)[O-])cc1. The van der Waals surface area contributed by atoms with Crippen LogP contribution in [0, 0.1) is 10.1 Å². The van der Waals surface area contributed by atoms with E-state index in [2.05, 4.69) is 4.74 Å². The number of nitro groups is 1. The monoisotopic (exact) mass is 271 g/mol. The van der Waals surface area contributed by atoms with Gasteiger partial charge < -0.3 is 4.74 Å². The van der Waals surface area contributed by atoms with Crippen LogP contribution in [-0.4, -0.2) is 28.0 Å². The van der Waals surface area contributed by atoms with Gasteiger partial charge in [-0.1, -0.05) is 0 Å². The first-order chi connectivity index (χ1) is 8.54. The second kappa shape index (κ2) is 6.85. The van der Waals surface area contributed by atoms with Gasteiger partial charge in [0.1, 0.15) is 0 Å². The first-order valence-electron chi connectivity index (χ1n) is 5.24. The highest BCUT2D eigenvalue weighted by atomic mass is 32.2. The van der Waals surface area contributed by atoms with Gasteiger partial charge in [-0.3, -0.25) is 19.1 Å². The molecule has 0 fully saturated rings. The summed E-state index contributed by atoms with van der Waals surface area (Å²) in [4.78, 5) is 21.3. The van der Waals surface area contributed by atoms with Crippen LogP contribution < -0.4 is 0 Å². The first-order valence-corrected chi connectivity index (χ1v) is 6.56. The highest BCUT2D eigenvalue weighted by Gasteiger charge is 2.09. The number of carbonyl (C=O) groups excluding carboxylic acids is 1. The molecule has 0 bridgehead atoms. The van der Waals surface area contributed by atoms with Crippen molar-refractivity contribution in [3.05, 3.63) is 34.4 Å². The van der Waals surface area contributed by atoms with E-state index >= 15 is 0 Å². The molecular weight excluding hydrogens is 258 g/mol. The molecule has 0 aliphatic rings. The van der Waals surface area contributed by atoms with Crippen LogP contribution in [0.5, 0.6) is 0 Å². The summed E-state index contributed by atoms with van der Waals surface area (Å²) in [6, 6.07) is 5.56. The van der Waals surface area contributed by atoms with Crippen molar-refractivity contribution in [2.45, 2.75) is 17.7 Å². The maximum atomic E-state index is 11.8. The molecule has 7 heteroatoms. The molecular formula is C11H13NO5S. The lowest BCUT2D eigenvalue weighted by Crippen LogP contribution is -2.04. The first kappa shape index (κ1) is 14.3. The molecule has 0 aliphatic heterocycles. The molecule has 0 N–H and O–H groups in total. The number of carbonyl (C=O) groups is 1. The molecule has 0 aliphatic carbocycles. The van der Waals surface area contributed by atoms with Crippen molar-refractivity contribution in [3.63, 3.8) is 0 Å². The molecule has 0 aromatic heterocycles. The number of rotatable bonds is 6. The predicted molar refractivity (Wildman–Crippen MR) is 65.6 cm³/mol. The number of hydrogen-bond acceptors (Lipinski definition) is 5. The Morgan fingerprint density at radius 1 is 1.39 bits per heavy atom. The van der Waals surface area contributed by atoms with Gasteiger partial charge in [0.15, 0.2) is 0 Å². The smallest absolute Gasteiger partial charge is 0.305 e. The Balaban J connectivity index is 2.51. The van der Waals surface area contributed by atoms with Crippen molar-refractivity contribution in [2.24, 2.45) is 0 Å². The van der Waals surface area contributed by atoms with E-state index < -0.39 is 15.7 Å². The summed E-state index contributed by atoms with van der Waals surface area (Å²) in [6.07, 6.45) is 0.672. The van der Waals surface area contributed by atoms with Gasteiger partial charge in [-0.15, -0.1) is 0 Å². The topological polar surface area (TPSA) is 86.5 Å². The summed E-state index contributed by atoms with van der Waals surface area (Å²) in [5.41, 5.74) is -0.0367. The summed E-state index contributed by atoms with van der Waals surface area (Å²) in [5, 5.41) is 10.4. The fourth-order valence-electron chi connectivity index (χ4n) is 1.29. The minimum atomic E-state index is -1.25. The van der Waals surface area contributed by atoms with Crippen molar-refractivity contribution < 1.29 is 18.7 Å². The minimum Gasteiger partial charge on any atom is -0.469 e. The summed E-state index contributed by atoms with van der Waals surface area (Å²) in [6.45, 7) is 0. The number of nitrogens with zero attached hydrogens (tertiary/aromatic N) is 1. The maximum absolute atomic E-state index is 11.8. The van der Waals surface area contributed by atoms with E-state index in [1.54, 1.807) is 0 Å². The van der Waals surface area contributed by atoms with E-state index in [1.807, 2.05) is 0 Å². The van der Waals surface area contributed by atoms with E-state index in [1.165, 1.54) is 31.4 Å². The maximum Gasteiger partial charge on any atom is 0.305 e. The molecule has 1 aromatic rings. The van der Waals surface area contributed by atoms with E-state index in [4.69, 9.17) is 0 Å². The number of non-ortho nitro benzene ring substituents is 1. The van der Waals surface area contributed by atoms with Crippen molar-refractivity contribution in [1.82, 2.24) is 0 Å². The lowest BCUT2D eigenvalue weighted by Gasteiger charge is -2.01. The summed E-state index contributed by atoms with van der Waals surface area (Å²) >= 11 is 0. The van der Waals surface area contributed by atoms with Crippen LogP contribution in [-0.2, 0) is 20.3 Å². The van der Waals surface area contributed by atoms with Crippen LogP contribution in [0.15, 0.2) is 29.2 Å². The number of benzene rings is 1. The largest absolute Gasteiger partial charge is 0.469 e. The highest BCUT2D eigenvalue weighted by Crippen LogP contribution is 2.15. The van der Waals surface area contributed by atoms with Gasteiger partial charge in [-0.05, 0) is 18.6 Å². The van der Waals surface area contributed by atoms with Crippen molar-refractivity contribution >= 4 is 22.5 Å². The Labute approximate surface area is 107 Å². The summed E-state index contributed by atoms with van der Waals surface area (Å²) in [7, 11) is 0.0475. The molecule has 18 heavy (non-hydrogen) atoms. The average molecular weight is 271 g/mol. The quantitative estimate of drug-likeness (QED) is 0.446. The zero-order valence-electron chi connectivity index (χ0n) is 9.83. The van der Waals surface area contributed by atoms with Crippen LogP contribution in [0.3, 0.4) is 0 Å². The average Bonchev–Trinajstić information content (AvgIpc) is 2.38. The van der Waals surface area contributed by atoms with Gasteiger partial charge in [0, 0.05) is 29.2 Å². The van der Waals surface area contributed by atoms with Crippen LogP contribution in [0.25, 0.3) is 0 Å². The number of ether oxygens (including phenoxy) is 1. The zero-order valence-corrected chi connectivity index (χ0v) is 10.6. The normalized spacial score (nSPS) is 11.8. The van der Waals surface area contributed by atoms with Crippen LogP contribution in [0.1, 0.15) is 12.8 Å². The number of hydrogen-bond donors (Lipinski definition) is 0. The Morgan fingerprint density at radius 3 is 2.50 bits per heavy atom. The zero-order chi connectivity index (χ0) is 13.5. The fraction of sp³-hybridized carbons (Fsp3) is 0.364. The highest BCUT2D eigenvalue weighted by molar-refractivity contribution is 7.85. The predicted octanol–water partition coefficient (Wildman–Crippen LogP) is 1.66. The van der Waals surface area contributed by atoms with Crippen molar-refractivity contribution in [3.8, 4) is 0 Å². The summed E-state index contributed by atoms with van der Waals surface area (Å²) < 4.78 is 16.3. The minimum absolute atomic E-state index is 0.0367. The Morgan fingerprint density at radius 2 is 2.00 bits per heavy atom. The van der Waals surface area contributed by atoms with Gasteiger partial charge in [0.2, 0.25) is 0 Å². The Hall–Kier alpha value is -1.76. The molecule has 6 nitrogen and oxygen atoms in total. The molecule has 0 saturated carbocycles. The second-order valence-corrected chi connectivity index (χ2v) is 5.05. The van der Waals surface area contributed by atoms with E-state index in [9.17, 15) is 19.1 Å². The van der Waals surface area contributed by atoms with Crippen molar-refractivity contribution in [2.75, 3.05) is 12.9 Å². The lowest BCUT2D eigenvalue weighted by atomic mass is 10.3. The van der Waals surface area contributed by atoms with Crippen molar-refractivity contribution in [1.29, 1.82) is 0 Å². The van der Waals surface area contributed by atoms with Gasteiger partial charge in [0.05, 0.1) is 22.8 Å². The standard InChI is InChI=1S/C11H13NO5S/c1-17-11(13)3-2-8-18(16)10-6-4-9(5-7-10)12(14)15/h4-7H,2-3,8H2,1H3. The molecule has 1 atom stereocenters. The third-order valence-corrected chi connectivity index (χ3v) is 3.71. The molecule has 1 rings (SSSR count). The van der Waals surface area contributed by atoms with Gasteiger partial charge >= 0.3 is 5.97 Å². The Bertz CT molecular complexity index is 457. The van der Waals surface area contributed by atoms with Gasteiger partial charge in [-0.25, -0.2) is 0 Å². The van der Waals surface area contributed by atoms with Crippen LogP contribution in [0.4, 0.5) is 5.69 Å². The molecule has 98 valence electrons. The third-order valence-electron chi connectivity index (χ3n) is 2.25. The van der Waals surface area contributed by atoms with E-state index in [0.717, 1.165) is 0 Å². The summed E-state index contributed by atoms with van der Waals surface area (Å²) in [5.74, 6) is -0.0110. The number of nitro benzene ring substituents is 1. The Kier molecular flexibility index (Phi) is 5.44. The van der Waals surface area contributed by atoms with Gasteiger partial charge in [0.25, 0.3) is 5.69 Å². The van der Waals surface area contributed by atoms with E-state index in [0.29, 0.717) is 17.1 Å². The molecule has 0 saturated heterocycles. The van der Waals surface area contributed by atoms with E-state index in [-0.39, 0.29) is 18.1 Å². The number of esters is 1. The fourth-order valence-corrected chi connectivity index (χ4v) is 2.37. The van der Waals surface area contributed by atoms with Crippen LogP contribution >= 0.6 is 0 Å². The molecule has 1 unspecified atom stereocenters.